The van der Waals surface area contributed by atoms with Crippen LogP contribution in [0.2, 0.25) is 0 Å². The predicted octanol–water partition coefficient (Wildman–Crippen LogP) is 2.19. The number of hydrogen-bond donors (Lipinski definition) is 2. The van der Waals surface area contributed by atoms with Gasteiger partial charge in [-0.1, -0.05) is 0 Å². The maximum atomic E-state index is 13.9. The average molecular weight is 313 g/mol. The lowest BCUT2D eigenvalue weighted by Gasteiger charge is -2.26. The van der Waals surface area contributed by atoms with Crippen LogP contribution in [0.15, 0.2) is 0 Å². The van der Waals surface area contributed by atoms with Crippen molar-refractivity contribution < 1.29 is 18.7 Å². The lowest BCUT2D eigenvalue weighted by Crippen LogP contribution is -2.52. The molecule has 0 radical (unpaired) electrons. The van der Waals surface area contributed by atoms with Crippen LogP contribution in [0.25, 0.3) is 0 Å². The quantitative estimate of drug-likeness (QED) is 0.814. The fourth-order valence-corrected chi connectivity index (χ4v) is 1.86. The summed E-state index contributed by atoms with van der Waals surface area (Å²) in [5.74, 6) is -0.573. The predicted molar refractivity (Wildman–Crippen MR) is 78.7 cm³/mol. The van der Waals surface area contributed by atoms with Crippen LogP contribution in [-0.2, 0) is 9.53 Å². The van der Waals surface area contributed by atoms with Crippen molar-refractivity contribution in [3.05, 3.63) is 0 Å². The normalized spacial score (nSPS) is 17.9. The molecule has 1 saturated carbocycles. The van der Waals surface area contributed by atoms with Crippen molar-refractivity contribution in [3.8, 4) is 6.07 Å². The maximum Gasteiger partial charge on any atom is 0.408 e. The minimum Gasteiger partial charge on any atom is -0.444 e. The third-order valence-electron chi connectivity index (χ3n) is 3.02. The van der Waals surface area contributed by atoms with Crippen LogP contribution in [0, 0.1) is 11.3 Å². The summed E-state index contributed by atoms with van der Waals surface area (Å²) in [6, 6.07) is 0.926. The van der Waals surface area contributed by atoms with Crippen LogP contribution in [0.4, 0.5) is 9.18 Å². The van der Waals surface area contributed by atoms with Gasteiger partial charge in [0.25, 0.3) is 0 Å². The van der Waals surface area contributed by atoms with Gasteiger partial charge in [0.1, 0.15) is 22.9 Å². The van der Waals surface area contributed by atoms with Crippen LogP contribution in [0.5, 0.6) is 0 Å². The van der Waals surface area contributed by atoms with E-state index >= 15 is 0 Å². The summed E-state index contributed by atoms with van der Waals surface area (Å²) in [4.78, 5) is 24.0. The molecule has 0 aromatic rings. The van der Waals surface area contributed by atoms with Crippen molar-refractivity contribution in [1.29, 1.82) is 5.26 Å². The van der Waals surface area contributed by atoms with Crippen molar-refractivity contribution in [2.45, 2.75) is 76.7 Å². The Bertz CT molecular complexity index is 482. The molecule has 1 rings (SSSR count). The molecule has 6 nitrogen and oxygen atoms in total. The van der Waals surface area contributed by atoms with E-state index in [-0.39, 0.29) is 6.42 Å². The molecule has 1 aliphatic carbocycles. The first-order valence-corrected chi connectivity index (χ1v) is 7.28. The van der Waals surface area contributed by atoms with Crippen molar-refractivity contribution in [2.24, 2.45) is 0 Å². The monoisotopic (exact) mass is 313 g/mol. The first-order valence-electron chi connectivity index (χ1n) is 7.28. The Kier molecular flexibility index (Phi) is 5.06. The number of ether oxygens (including phenoxy) is 1. The van der Waals surface area contributed by atoms with Crippen LogP contribution < -0.4 is 10.6 Å². The van der Waals surface area contributed by atoms with Crippen LogP contribution in [0.3, 0.4) is 0 Å². The summed E-state index contributed by atoms with van der Waals surface area (Å²) in [5, 5.41) is 14.0. The Hall–Kier alpha value is -1.84. The fraction of sp³-hybridized carbons (Fsp3) is 0.800. The van der Waals surface area contributed by atoms with Gasteiger partial charge in [0.2, 0.25) is 5.91 Å². The second-order valence-corrected chi connectivity index (χ2v) is 7.30. The first-order chi connectivity index (χ1) is 9.86. The molecule has 0 aliphatic heterocycles. The van der Waals surface area contributed by atoms with Crippen LogP contribution in [-0.4, -0.2) is 34.9 Å². The van der Waals surface area contributed by atoms with Gasteiger partial charge >= 0.3 is 6.09 Å². The number of carbonyl (C=O) groups is 2. The van der Waals surface area contributed by atoms with Gasteiger partial charge in [-0.05, 0) is 47.5 Å². The van der Waals surface area contributed by atoms with Gasteiger partial charge in [-0.3, -0.25) is 4.79 Å². The van der Waals surface area contributed by atoms with E-state index in [1.165, 1.54) is 13.8 Å². The zero-order chi connectivity index (χ0) is 17.2. The van der Waals surface area contributed by atoms with Gasteiger partial charge in [0.05, 0.1) is 6.07 Å². The number of nitriles is 1. The number of halogens is 1. The van der Waals surface area contributed by atoms with Crippen molar-refractivity contribution in [1.82, 2.24) is 10.6 Å². The van der Waals surface area contributed by atoms with E-state index in [0.29, 0.717) is 12.8 Å². The molecule has 1 aliphatic rings. The Morgan fingerprint density at radius 1 is 1.32 bits per heavy atom. The molecule has 0 spiro atoms. The molecule has 2 N–H and O–H groups in total. The molecule has 0 aromatic heterocycles. The zero-order valence-electron chi connectivity index (χ0n) is 13.7. The summed E-state index contributed by atoms with van der Waals surface area (Å²) < 4.78 is 19.0. The molecule has 22 heavy (non-hydrogen) atoms. The van der Waals surface area contributed by atoms with E-state index < -0.39 is 34.9 Å². The van der Waals surface area contributed by atoms with Gasteiger partial charge < -0.3 is 15.4 Å². The van der Waals surface area contributed by atoms with Gasteiger partial charge in [-0.25, -0.2) is 9.18 Å². The molecule has 0 saturated heterocycles. The molecular formula is C15H24FN3O3. The van der Waals surface area contributed by atoms with Gasteiger partial charge in [-0.15, -0.1) is 0 Å². The molecule has 7 heteroatoms. The topological polar surface area (TPSA) is 91.2 Å². The first kappa shape index (κ1) is 18.2. The summed E-state index contributed by atoms with van der Waals surface area (Å²) in [5.41, 5.74) is -3.24. The van der Waals surface area contributed by atoms with E-state index in [0.717, 1.165) is 0 Å². The maximum absolute atomic E-state index is 13.9. The largest absolute Gasteiger partial charge is 0.444 e. The van der Waals surface area contributed by atoms with Crippen LogP contribution >= 0.6 is 0 Å². The second-order valence-electron chi connectivity index (χ2n) is 7.30. The van der Waals surface area contributed by atoms with E-state index in [9.17, 15) is 14.0 Å². The van der Waals surface area contributed by atoms with Crippen molar-refractivity contribution in [2.75, 3.05) is 0 Å². The Balaban J connectivity index is 2.73. The standard InChI is InChI=1S/C15H24FN3O3/c1-13(2,3)22-12(21)18-10(8-14(4,5)16)11(20)19-15(9-17)6-7-15/h10H,6-8H2,1-5H3,(H,18,21)(H,19,20)/t10-/m0/s1. The molecule has 2 amide bonds. The number of amides is 2. The number of hydrogen-bond acceptors (Lipinski definition) is 4. The number of alkyl halides is 1. The molecule has 0 aromatic carbocycles. The highest BCUT2D eigenvalue weighted by atomic mass is 19.1. The highest BCUT2D eigenvalue weighted by Crippen LogP contribution is 2.34. The lowest BCUT2D eigenvalue weighted by atomic mass is 10.00. The number of nitrogens with one attached hydrogen (secondary N) is 2. The smallest absolute Gasteiger partial charge is 0.408 e. The molecule has 0 bridgehead atoms. The lowest BCUT2D eigenvalue weighted by molar-refractivity contribution is -0.124. The highest BCUT2D eigenvalue weighted by molar-refractivity contribution is 5.87. The zero-order valence-corrected chi connectivity index (χ0v) is 13.7. The van der Waals surface area contributed by atoms with E-state index in [4.69, 9.17) is 10.00 Å². The summed E-state index contributed by atoms with van der Waals surface area (Å²) >= 11 is 0. The van der Waals surface area contributed by atoms with Gasteiger partial charge in [0, 0.05) is 6.42 Å². The average Bonchev–Trinajstić information content (AvgIpc) is 3.04. The summed E-state index contributed by atoms with van der Waals surface area (Å²) in [6.07, 6.45) is 0.124. The number of rotatable bonds is 5. The number of nitrogens with zero attached hydrogens (tertiary/aromatic N) is 1. The number of carbonyl (C=O) groups excluding carboxylic acids is 2. The van der Waals surface area contributed by atoms with Crippen LogP contribution in [0.1, 0.15) is 53.9 Å². The van der Waals surface area contributed by atoms with Gasteiger partial charge in [-0.2, -0.15) is 5.26 Å². The molecular weight excluding hydrogens is 289 g/mol. The van der Waals surface area contributed by atoms with Gasteiger partial charge in [0.15, 0.2) is 0 Å². The third kappa shape index (κ3) is 6.29. The minimum atomic E-state index is -1.65. The molecule has 124 valence electrons. The Morgan fingerprint density at radius 2 is 1.86 bits per heavy atom. The molecule has 1 atom stereocenters. The fourth-order valence-electron chi connectivity index (χ4n) is 1.86. The Morgan fingerprint density at radius 3 is 2.23 bits per heavy atom. The van der Waals surface area contributed by atoms with E-state index in [2.05, 4.69) is 10.6 Å². The number of alkyl carbamates (subject to hydrolysis) is 1. The summed E-state index contributed by atoms with van der Waals surface area (Å²) in [7, 11) is 0. The van der Waals surface area contributed by atoms with E-state index in [1.54, 1.807) is 20.8 Å². The molecule has 1 fully saturated rings. The SMILES string of the molecule is CC(C)(F)C[C@H](NC(=O)OC(C)(C)C)C(=O)NC1(C#N)CC1. The Labute approximate surface area is 130 Å². The molecule has 0 heterocycles. The van der Waals surface area contributed by atoms with Crippen molar-refractivity contribution >= 4 is 12.0 Å². The third-order valence-corrected chi connectivity index (χ3v) is 3.02. The summed E-state index contributed by atoms with van der Waals surface area (Å²) in [6.45, 7) is 7.71. The minimum absolute atomic E-state index is 0.209. The highest BCUT2D eigenvalue weighted by Gasteiger charge is 2.46. The second kappa shape index (κ2) is 6.11. The van der Waals surface area contributed by atoms with Crippen molar-refractivity contribution in [3.63, 3.8) is 0 Å². The molecule has 0 unspecified atom stereocenters. The van der Waals surface area contributed by atoms with E-state index in [1.807, 2.05) is 6.07 Å².